The second kappa shape index (κ2) is 4.00. The molecule has 0 unspecified atom stereocenters. The van der Waals surface area contributed by atoms with Crippen LogP contribution in [0.4, 0.5) is 5.69 Å². The van der Waals surface area contributed by atoms with Crippen LogP contribution in [-0.4, -0.2) is 18.9 Å². The highest BCUT2D eigenvalue weighted by Gasteiger charge is 2.67. The second-order valence-electron chi connectivity index (χ2n) is 6.87. The Morgan fingerprint density at radius 1 is 1.05 bits per heavy atom. The third kappa shape index (κ3) is 1.38. The van der Waals surface area contributed by atoms with Crippen LogP contribution in [0.3, 0.4) is 0 Å². The van der Waals surface area contributed by atoms with E-state index in [1.165, 1.54) is 11.3 Å². The predicted octanol–water partition coefficient (Wildman–Crippen LogP) is 2.25. The maximum Gasteiger partial charge on any atom is 0.238 e. The van der Waals surface area contributed by atoms with Crippen molar-refractivity contribution in [2.24, 2.45) is 35.5 Å². The monoisotopic (exact) mass is 295 g/mol. The molecule has 0 spiro atoms. The Bertz CT molecular complexity index is 689. The fourth-order valence-electron chi connectivity index (χ4n) is 4.96. The normalized spacial score (nSPS) is 40.7. The van der Waals surface area contributed by atoms with Gasteiger partial charge < -0.3 is 4.74 Å². The number of amides is 2. The minimum absolute atomic E-state index is 0.0204. The number of anilines is 1. The van der Waals surface area contributed by atoms with Gasteiger partial charge in [0.25, 0.3) is 0 Å². The molecule has 4 aliphatic carbocycles. The summed E-state index contributed by atoms with van der Waals surface area (Å²) >= 11 is 0. The third-order valence-corrected chi connectivity index (χ3v) is 5.97. The van der Waals surface area contributed by atoms with E-state index < -0.39 is 0 Å². The molecule has 2 amide bonds. The van der Waals surface area contributed by atoms with Gasteiger partial charge in [0.15, 0.2) is 0 Å². The zero-order valence-corrected chi connectivity index (χ0v) is 12.3. The smallest absolute Gasteiger partial charge is 0.238 e. The first-order valence-electron chi connectivity index (χ1n) is 7.91. The molecule has 0 radical (unpaired) electrons. The molecule has 1 aromatic rings. The molecule has 1 aromatic carbocycles. The Labute approximate surface area is 128 Å². The largest absolute Gasteiger partial charge is 0.497 e. The van der Waals surface area contributed by atoms with Crippen molar-refractivity contribution in [2.45, 2.75) is 6.42 Å². The van der Waals surface area contributed by atoms with Gasteiger partial charge in [-0.3, -0.25) is 9.59 Å². The highest BCUT2D eigenvalue weighted by molar-refractivity contribution is 6.22. The molecule has 2 bridgehead atoms. The van der Waals surface area contributed by atoms with E-state index in [0.29, 0.717) is 23.3 Å². The number of nitrogens with zero attached hydrogens (tertiary/aromatic N) is 1. The Hall–Kier alpha value is -2.10. The first-order chi connectivity index (χ1) is 10.7. The quantitative estimate of drug-likeness (QED) is 0.621. The zero-order chi connectivity index (χ0) is 15.0. The van der Waals surface area contributed by atoms with Crippen molar-refractivity contribution in [3.63, 3.8) is 0 Å². The Morgan fingerprint density at radius 2 is 1.68 bits per heavy atom. The van der Waals surface area contributed by atoms with E-state index in [2.05, 4.69) is 12.2 Å². The number of hydrogen-bond donors (Lipinski definition) is 0. The van der Waals surface area contributed by atoms with E-state index in [1.807, 2.05) is 18.2 Å². The molecule has 6 atom stereocenters. The molecule has 3 fully saturated rings. The summed E-state index contributed by atoms with van der Waals surface area (Å²) in [5.41, 5.74) is 0.636. The van der Waals surface area contributed by atoms with Crippen molar-refractivity contribution >= 4 is 17.5 Å². The van der Waals surface area contributed by atoms with Gasteiger partial charge in [-0.15, -0.1) is 0 Å². The highest BCUT2D eigenvalue weighted by Crippen LogP contribution is 2.65. The summed E-state index contributed by atoms with van der Waals surface area (Å²) in [5.74, 6) is 2.16. The molecule has 1 saturated heterocycles. The maximum atomic E-state index is 12.9. The number of hydrogen-bond acceptors (Lipinski definition) is 3. The molecule has 1 heterocycles. The van der Waals surface area contributed by atoms with Crippen LogP contribution in [0.1, 0.15) is 6.42 Å². The van der Waals surface area contributed by atoms with Gasteiger partial charge in [-0.1, -0.05) is 18.2 Å². The fourth-order valence-corrected chi connectivity index (χ4v) is 4.96. The van der Waals surface area contributed by atoms with Gasteiger partial charge in [-0.25, -0.2) is 4.90 Å². The molecule has 4 heteroatoms. The van der Waals surface area contributed by atoms with Gasteiger partial charge in [0.2, 0.25) is 11.8 Å². The van der Waals surface area contributed by atoms with Crippen LogP contribution in [0.25, 0.3) is 0 Å². The van der Waals surface area contributed by atoms with E-state index in [9.17, 15) is 9.59 Å². The molecule has 1 aliphatic heterocycles. The van der Waals surface area contributed by atoms with E-state index in [-0.39, 0.29) is 35.5 Å². The SMILES string of the molecule is COc1cccc(N2C(=O)[C@@H]3[C@@H]4C=C[C@@H]([C@H]5C[C@@H]45)[C@@H]3C2=O)c1. The summed E-state index contributed by atoms with van der Waals surface area (Å²) in [4.78, 5) is 27.3. The van der Waals surface area contributed by atoms with Crippen LogP contribution < -0.4 is 9.64 Å². The molecular formula is C18H17NO3. The molecule has 4 nitrogen and oxygen atoms in total. The molecular weight excluding hydrogens is 278 g/mol. The van der Waals surface area contributed by atoms with Crippen molar-refractivity contribution in [1.82, 2.24) is 0 Å². The van der Waals surface area contributed by atoms with Crippen LogP contribution in [0, 0.1) is 35.5 Å². The second-order valence-corrected chi connectivity index (χ2v) is 6.87. The van der Waals surface area contributed by atoms with Gasteiger partial charge in [0.1, 0.15) is 5.75 Å². The maximum absolute atomic E-state index is 12.9. The van der Waals surface area contributed by atoms with Gasteiger partial charge in [0.05, 0.1) is 24.6 Å². The molecule has 2 saturated carbocycles. The Balaban J connectivity index is 1.57. The number of carbonyl (C=O) groups is 2. The van der Waals surface area contributed by atoms with Gasteiger partial charge in [-0.2, -0.15) is 0 Å². The van der Waals surface area contributed by atoms with Crippen molar-refractivity contribution in [2.75, 3.05) is 12.0 Å². The average Bonchev–Trinajstić information content (AvgIpc) is 3.32. The lowest BCUT2D eigenvalue weighted by Crippen LogP contribution is -2.40. The van der Waals surface area contributed by atoms with Crippen molar-refractivity contribution in [1.29, 1.82) is 0 Å². The van der Waals surface area contributed by atoms with E-state index >= 15 is 0 Å². The topological polar surface area (TPSA) is 46.6 Å². The molecule has 112 valence electrons. The fraction of sp³-hybridized carbons (Fsp3) is 0.444. The summed E-state index contributed by atoms with van der Waals surface area (Å²) in [7, 11) is 1.59. The number of rotatable bonds is 2. The van der Waals surface area contributed by atoms with Gasteiger partial charge in [-0.05, 0) is 42.2 Å². The standard InChI is InChI=1S/C18H17NO3/c1-22-10-4-2-3-9(7-10)19-17(20)15-11-5-6-12(14-8-13(11)14)16(15)18(19)21/h2-7,11-16H,8H2,1H3/t11-,12+,13+,14-,15-,16+. The number of allylic oxidation sites excluding steroid dienone is 2. The van der Waals surface area contributed by atoms with Crippen LogP contribution in [0.2, 0.25) is 0 Å². The molecule has 0 aromatic heterocycles. The van der Waals surface area contributed by atoms with E-state index in [1.54, 1.807) is 13.2 Å². The number of methoxy groups -OCH3 is 1. The molecule has 22 heavy (non-hydrogen) atoms. The van der Waals surface area contributed by atoms with Crippen molar-refractivity contribution in [3.05, 3.63) is 36.4 Å². The molecule has 6 rings (SSSR count). The van der Waals surface area contributed by atoms with Crippen LogP contribution in [-0.2, 0) is 9.59 Å². The lowest BCUT2D eigenvalue weighted by atomic mass is 9.63. The van der Waals surface area contributed by atoms with Crippen LogP contribution in [0.5, 0.6) is 5.75 Å². The first-order valence-corrected chi connectivity index (χ1v) is 7.91. The summed E-state index contributed by atoms with van der Waals surface area (Å²) in [6.45, 7) is 0. The summed E-state index contributed by atoms with van der Waals surface area (Å²) < 4.78 is 5.22. The van der Waals surface area contributed by atoms with Crippen LogP contribution in [0.15, 0.2) is 36.4 Å². The summed E-state index contributed by atoms with van der Waals surface area (Å²) in [6, 6.07) is 7.22. The zero-order valence-electron chi connectivity index (χ0n) is 12.3. The predicted molar refractivity (Wildman–Crippen MR) is 80.2 cm³/mol. The van der Waals surface area contributed by atoms with Crippen molar-refractivity contribution < 1.29 is 14.3 Å². The van der Waals surface area contributed by atoms with Gasteiger partial charge in [0, 0.05) is 6.07 Å². The number of ether oxygens (including phenoxy) is 1. The lowest BCUT2D eigenvalue weighted by molar-refractivity contribution is -0.124. The Morgan fingerprint density at radius 3 is 2.27 bits per heavy atom. The minimum Gasteiger partial charge on any atom is -0.497 e. The van der Waals surface area contributed by atoms with E-state index in [0.717, 1.165) is 0 Å². The molecule has 5 aliphatic rings. The van der Waals surface area contributed by atoms with E-state index in [4.69, 9.17) is 4.74 Å². The number of carbonyl (C=O) groups excluding carboxylic acids is 2. The lowest BCUT2D eigenvalue weighted by Gasteiger charge is -2.37. The first kappa shape index (κ1) is 12.4. The van der Waals surface area contributed by atoms with Crippen LogP contribution >= 0.6 is 0 Å². The third-order valence-electron chi connectivity index (χ3n) is 5.97. The molecule has 0 N–H and O–H groups in total. The average molecular weight is 295 g/mol. The minimum atomic E-state index is -0.141. The number of benzene rings is 1. The summed E-state index contributed by atoms with van der Waals surface area (Å²) in [5, 5.41) is 0. The highest BCUT2D eigenvalue weighted by atomic mass is 16.5. The van der Waals surface area contributed by atoms with Gasteiger partial charge >= 0.3 is 0 Å². The van der Waals surface area contributed by atoms with Crippen molar-refractivity contribution in [3.8, 4) is 5.75 Å². The number of imide groups is 1. The summed E-state index contributed by atoms with van der Waals surface area (Å²) in [6.07, 6.45) is 5.58. The Kier molecular flexibility index (Phi) is 2.26.